The van der Waals surface area contributed by atoms with E-state index in [-0.39, 0.29) is 0 Å². The van der Waals surface area contributed by atoms with Crippen LogP contribution in [0.2, 0.25) is 0 Å². The van der Waals surface area contributed by atoms with Crippen LogP contribution in [0.15, 0.2) is 277 Å². The summed E-state index contributed by atoms with van der Waals surface area (Å²) < 4.78 is 0. The van der Waals surface area contributed by atoms with Gasteiger partial charge in [0.15, 0.2) is 0 Å². The highest BCUT2D eigenvalue weighted by molar-refractivity contribution is 5.86. The Kier molecular flexibility index (Phi) is 13.5. The summed E-state index contributed by atoms with van der Waals surface area (Å²) in [5.41, 5.74) is 17.1. The van der Waals surface area contributed by atoms with Crippen LogP contribution >= 0.6 is 0 Å². The normalized spacial score (nSPS) is 11.2. The lowest BCUT2D eigenvalue weighted by Gasteiger charge is -2.26. The highest BCUT2D eigenvalue weighted by Gasteiger charge is 2.16. The second-order valence-electron chi connectivity index (χ2n) is 17.1. The van der Waals surface area contributed by atoms with Gasteiger partial charge >= 0.3 is 0 Å². The molecule has 0 fully saturated rings. The van der Waals surface area contributed by atoms with Crippen molar-refractivity contribution in [1.82, 2.24) is 0 Å². The molecule has 0 aliphatic rings. The van der Waals surface area contributed by atoms with Crippen LogP contribution in [0.1, 0.15) is 22.3 Å². The molecule has 10 rings (SSSR count). The van der Waals surface area contributed by atoms with Gasteiger partial charge in [0, 0.05) is 34.1 Å². The van der Waals surface area contributed by atoms with Crippen LogP contribution in [0, 0.1) is 13.8 Å². The highest BCUT2D eigenvalue weighted by atomic mass is 15.5. The van der Waals surface area contributed by atoms with Gasteiger partial charge < -0.3 is 9.80 Å². The average molecular weight is 905 g/mol. The molecule has 6 nitrogen and oxygen atoms in total. The Morgan fingerprint density at radius 2 is 0.471 bits per heavy atom. The molecule has 0 radical (unpaired) electrons. The molecule has 0 saturated heterocycles. The third-order valence-electron chi connectivity index (χ3n) is 12.1. The number of aryl methyl sites for hydroxylation is 2. The van der Waals surface area contributed by atoms with E-state index in [9.17, 15) is 0 Å². The molecule has 0 aliphatic carbocycles. The molecular weight excluding hydrogens is 853 g/mol. The molecule has 6 heteroatoms. The van der Waals surface area contributed by atoms with Crippen LogP contribution < -0.4 is 19.8 Å². The number of hydrogen-bond donors (Lipinski definition) is 0. The summed E-state index contributed by atoms with van der Waals surface area (Å²) in [4.78, 5) is 4.57. The Hall–Kier alpha value is -9.26. The standard InChI is InChI=1S/C64H52N6/c1-49-23-35-63(36-24-49)69(61-19-11-5-12-20-61)65-47-51-27-39-57(40-28-51)67(55-15-7-3-8-16-55)59-43-31-53(32-44-59)54-33-45-60(46-34-54)68(56-17-9-4-10-18-56)58-41-29-52(30-42-58)48-66-70(62-21-13-6-14-22-62)64-37-25-50(2)26-38-64/h3-48H,1-2H3. The third-order valence-corrected chi connectivity index (χ3v) is 12.1. The largest absolute Gasteiger partial charge is 0.311 e. The van der Waals surface area contributed by atoms with Gasteiger partial charge in [0.1, 0.15) is 0 Å². The maximum Gasteiger partial charge on any atom is 0.0652 e. The van der Waals surface area contributed by atoms with Gasteiger partial charge in [-0.05, 0) is 157 Å². The van der Waals surface area contributed by atoms with Crippen molar-refractivity contribution in [3.63, 3.8) is 0 Å². The minimum atomic E-state index is 0.998. The fraction of sp³-hybridized carbons (Fsp3) is 0.0312. The number of benzene rings is 10. The van der Waals surface area contributed by atoms with E-state index in [1.54, 1.807) is 0 Å². The molecule has 10 aromatic carbocycles. The SMILES string of the molecule is Cc1ccc(N(N=Cc2ccc(N(c3ccccc3)c3ccc(-c4ccc(N(c5ccccc5)c5ccc(C=NN(c6ccccc6)c6ccc(C)cc6)cc5)cc4)cc3)cc2)c2ccccc2)cc1. The number of nitrogens with zero attached hydrogens (tertiary/aromatic N) is 6. The van der Waals surface area contributed by atoms with Crippen molar-refractivity contribution < 1.29 is 0 Å². The van der Waals surface area contributed by atoms with Gasteiger partial charge in [-0.3, -0.25) is 0 Å². The molecule has 0 aliphatic heterocycles. The molecule has 0 saturated carbocycles. The second-order valence-corrected chi connectivity index (χ2v) is 17.1. The fourth-order valence-corrected chi connectivity index (χ4v) is 8.40. The van der Waals surface area contributed by atoms with Crippen LogP contribution in [-0.4, -0.2) is 12.4 Å². The van der Waals surface area contributed by atoms with Crippen molar-refractivity contribution in [2.45, 2.75) is 13.8 Å². The van der Waals surface area contributed by atoms with E-state index in [1.807, 2.05) is 58.8 Å². The molecule has 338 valence electrons. The zero-order valence-corrected chi connectivity index (χ0v) is 39.2. The molecule has 0 aromatic heterocycles. The van der Waals surface area contributed by atoms with E-state index in [1.165, 1.54) is 11.1 Å². The zero-order valence-electron chi connectivity index (χ0n) is 39.2. The van der Waals surface area contributed by atoms with Gasteiger partial charge in [-0.2, -0.15) is 10.2 Å². The molecular formula is C64H52N6. The molecule has 0 heterocycles. The first-order chi connectivity index (χ1) is 34.5. The smallest absolute Gasteiger partial charge is 0.0652 e. The first-order valence-corrected chi connectivity index (χ1v) is 23.6. The Morgan fingerprint density at radius 1 is 0.243 bits per heavy atom. The van der Waals surface area contributed by atoms with Crippen LogP contribution in [0.5, 0.6) is 0 Å². The summed E-state index contributed by atoms with van der Waals surface area (Å²) in [5.74, 6) is 0. The Balaban J connectivity index is 0.879. The van der Waals surface area contributed by atoms with E-state index < -0.39 is 0 Å². The molecule has 10 aromatic rings. The number of rotatable bonds is 15. The summed E-state index contributed by atoms with van der Waals surface area (Å²) >= 11 is 0. The summed E-state index contributed by atoms with van der Waals surface area (Å²) in [5, 5.41) is 13.9. The zero-order chi connectivity index (χ0) is 47.5. The van der Waals surface area contributed by atoms with Crippen LogP contribution in [0.4, 0.5) is 56.9 Å². The van der Waals surface area contributed by atoms with E-state index in [0.717, 1.165) is 79.1 Å². The summed E-state index contributed by atoms with van der Waals surface area (Å²) in [6.45, 7) is 4.19. The van der Waals surface area contributed by atoms with E-state index in [0.29, 0.717) is 0 Å². The van der Waals surface area contributed by atoms with Gasteiger partial charge in [0.25, 0.3) is 0 Å². The molecule has 0 bridgehead atoms. The van der Waals surface area contributed by atoms with Gasteiger partial charge in [-0.15, -0.1) is 0 Å². The van der Waals surface area contributed by atoms with E-state index in [4.69, 9.17) is 10.2 Å². The number of hydrogen-bond acceptors (Lipinski definition) is 6. The lowest BCUT2D eigenvalue weighted by Crippen LogP contribution is -2.10. The quantitative estimate of drug-likeness (QED) is 0.0759. The van der Waals surface area contributed by atoms with Crippen molar-refractivity contribution in [2.24, 2.45) is 10.2 Å². The number of anilines is 10. The predicted octanol–water partition coefficient (Wildman–Crippen LogP) is 17.3. The molecule has 0 N–H and O–H groups in total. The van der Waals surface area contributed by atoms with E-state index in [2.05, 4.69) is 254 Å². The minimum absolute atomic E-state index is 0.998. The maximum atomic E-state index is 4.96. The van der Waals surface area contributed by atoms with Crippen molar-refractivity contribution >= 4 is 69.3 Å². The van der Waals surface area contributed by atoms with Gasteiger partial charge in [-0.1, -0.05) is 157 Å². The van der Waals surface area contributed by atoms with Crippen molar-refractivity contribution in [3.05, 3.63) is 289 Å². The average Bonchev–Trinajstić information content (AvgIpc) is 3.42. The first-order valence-electron chi connectivity index (χ1n) is 23.6. The van der Waals surface area contributed by atoms with Gasteiger partial charge in [0.05, 0.1) is 35.2 Å². The Labute approximate surface area is 411 Å². The fourth-order valence-electron chi connectivity index (χ4n) is 8.40. The third kappa shape index (κ3) is 10.5. The molecule has 0 atom stereocenters. The Bertz CT molecular complexity index is 3040. The van der Waals surface area contributed by atoms with Crippen molar-refractivity contribution in [2.75, 3.05) is 19.8 Å². The maximum absolute atomic E-state index is 4.96. The molecule has 0 amide bonds. The van der Waals surface area contributed by atoms with Crippen molar-refractivity contribution in [1.29, 1.82) is 0 Å². The number of para-hydroxylation sites is 4. The lowest BCUT2D eigenvalue weighted by molar-refractivity contribution is 1.09. The minimum Gasteiger partial charge on any atom is -0.311 e. The van der Waals surface area contributed by atoms with Gasteiger partial charge in [0.2, 0.25) is 0 Å². The Morgan fingerprint density at radius 3 is 0.771 bits per heavy atom. The monoisotopic (exact) mass is 904 g/mol. The van der Waals surface area contributed by atoms with Crippen LogP contribution in [0.25, 0.3) is 11.1 Å². The molecule has 0 unspecified atom stereocenters. The van der Waals surface area contributed by atoms with Crippen LogP contribution in [0.3, 0.4) is 0 Å². The summed E-state index contributed by atoms with van der Waals surface area (Å²) in [6, 6.07) is 93.1. The lowest BCUT2D eigenvalue weighted by atomic mass is 10.0. The summed E-state index contributed by atoms with van der Waals surface area (Å²) in [6.07, 6.45) is 3.84. The highest BCUT2D eigenvalue weighted by Crippen LogP contribution is 2.38. The summed E-state index contributed by atoms with van der Waals surface area (Å²) in [7, 11) is 0. The van der Waals surface area contributed by atoms with Crippen LogP contribution in [-0.2, 0) is 0 Å². The van der Waals surface area contributed by atoms with E-state index >= 15 is 0 Å². The predicted molar refractivity (Wildman–Crippen MR) is 296 cm³/mol. The first kappa shape index (κ1) is 44.6. The molecule has 0 spiro atoms. The number of hydrazone groups is 2. The van der Waals surface area contributed by atoms with Gasteiger partial charge in [-0.25, -0.2) is 10.0 Å². The second kappa shape index (κ2) is 21.1. The topological polar surface area (TPSA) is 37.7 Å². The molecule has 70 heavy (non-hydrogen) atoms. The van der Waals surface area contributed by atoms with Crippen molar-refractivity contribution in [3.8, 4) is 11.1 Å².